The molecule has 1 heteroatoms. The summed E-state index contributed by atoms with van der Waals surface area (Å²) < 4.78 is 0. The van der Waals surface area contributed by atoms with E-state index in [2.05, 4.69) is 198 Å². The molecule has 10 rings (SSSR count). The Morgan fingerprint density at radius 3 is 1.83 bits per heavy atom. The van der Waals surface area contributed by atoms with Crippen molar-refractivity contribution in [3.63, 3.8) is 0 Å². The lowest BCUT2D eigenvalue weighted by Crippen LogP contribution is -2.26. The standard InChI is InChI=1S/C52H47N/c1-49(2)32-52(44-22-12-11-21-43(44)49)33-50(3,4)48-45(52)23-14-24-47(48)53(37-29-30-41-40-18-9-10-20-42(40)51(5,6)46(41)31-37)36-27-25-35(26-28-36)39-19-13-16-34-15-7-8-17-38(34)39/h7-31H,32-33H2,1-6H3. The Hall–Kier alpha value is -5.40. The van der Waals surface area contributed by atoms with Gasteiger partial charge in [0.15, 0.2) is 0 Å². The van der Waals surface area contributed by atoms with Crippen LogP contribution in [0.4, 0.5) is 17.1 Å². The van der Waals surface area contributed by atoms with Gasteiger partial charge in [-0.25, -0.2) is 0 Å². The highest BCUT2D eigenvalue weighted by molar-refractivity contribution is 5.97. The molecule has 260 valence electrons. The van der Waals surface area contributed by atoms with Crippen LogP contribution >= 0.6 is 0 Å². The summed E-state index contributed by atoms with van der Waals surface area (Å²) in [4.78, 5) is 2.57. The van der Waals surface area contributed by atoms with Crippen LogP contribution in [0.1, 0.15) is 87.8 Å². The molecule has 1 atom stereocenters. The van der Waals surface area contributed by atoms with Crippen molar-refractivity contribution in [1.29, 1.82) is 0 Å². The predicted molar refractivity (Wildman–Crippen MR) is 224 cm³/mol. The Bertz CT molecular complexity index is 2600. The van der Waals surface area contributed by atoms with E-state index >= 15 is 0 Å². The van der Waals surface area contributed by atoms with Gasteiger partial charge in [0.2, 0.25) is 0 Å². The minimum absolute atomic E-state index is 0.0135. The number of nitrogens with zero attached hydrogens (tertiary/aromatic N) is 1. The molecule has 3 aliphatic rings. The molecule has 3 aliphatic carbocycles. The first-order valence-electron chi connectivity index (χ1n) is 19.4. The maximum atomic E-state index is 2.57. The van der Waals surface area contributed by atoms with Crippen LogP contribution in [0.15, 0.2) is 152 Å². The van der Waals surface area contributed by atoms with E-state index in [1.165, 1.54) is 83.5 Å². The van der Waals surface area contributed by atoms with Gasteiger partial charge >= 0.3 is 0 Å². The highest BCUT2D eigenvalue weighted by Gasteiger charge is 2.57. The van der Waals surface area contributed by atoms with Gasteiger partial charge in [0.25, 0.3) is 0 Å². The van der Waals surface area contributed by atoms with E-state index in [-0.39, 0.29) is 21.7 Å². The van der Waals surface area contributed by atoms with Crippen molar-refractivity contribution in [3.05, 3.63) is 185 Å². The van der Waals surface area contributed by atoms with Crippen LogP contribution in [0.25, 0.3) is 33.0 Å². The number of fused-ring (bicyclic) bond motifs is 8. The van der Waals surface area contributed by atoms with Crippen molar-refractivity contribution in [3.8, 4) is 22.3 Å². The van der Waals surface area contributed by atoms with Gasteiger partial charge in [-0.2, -0.15) is 0 Å². The zero-order valence-corrected chi connectivity index (χ0v) is 31.8. The molecular weight excluding hydrogens is 639 g/mol. The molecule has 0 saturated carbocycles. The fourth-order valence-electron chi connectivity index (χ4n) is 11.1. The second-order valence-corrected chi connectivity index (χ2v) is 17.8. The molecule has 0 N–H and O–H groups in total. The van der Waals surface area contributed by atoms with E-state index in [1.807, 2.05) is 0 Å². The Morgan fingerprint density at radius 2 is 1.02 bits per heavy atom. The Kier molecular flexibility index (Phi) is 6.73. The van der Waals surface area contributed by atoms with Crippen LogP contribution in [0.2, 0.25) is 0 Å². The van der Waals surface area contributed by atoms with Gasteiger partial charge in [-0.05, 0) is 120 Å². The predicted octanol–water partition coefficient (Wildman–Crippen LogP) is 13.9. The summed E-state index contributed by atoms with van der Waals surface area (Å²) >= 11 is 0. The fourth-order valence-corrected chi connectivity index (χ4v) is 11.1. The molecule has 1 nitrogen and oxygen atoms in total. The number of benzene rings is 7. The number of anilines is 3. The molecule has 0 saturated heterocycles. The maximum Gasteiger partial charge on any atom is 0.0502 e. The van der Waals surface area contributed by atoms with Crippen LogP contribution in [0.3, 0.4) is 0 Å². The summed E-state index contributed by atoms with van der Waals surface area (Å²) in [7, 11) is 0. The average molecular weight is 686 g/mol. The first kappa shape index (κ1) is 32.3. The zero-order valence-electron chi connectivity index (χ0n) is 31.8. The van der Waals surface area contributed by atoms with Gasteiger partial charge in [-0.15, -0.1) is 0 Å². The van der Waals surface area contributed by atoms with Crippen LogP contribution < -0.4 is 4.90 Å². The first-order chi connectivity index (χ1) is 25.5. The minimum Gasteiger partial charge on any atom is -0.310 e. The molecule has 0 radical (unpaired) electrons. The van der Waals surface area contributed by atoms with Crippen LogP contribution in [0, 0.1) is 0 Å². The molecule has 1 spiro atoms. The monoisotopic (exact) mass is 685 g/mol. The normalized spacial score (nSPS) is 19.5. The van der Waals surface area contributed by atoms with Crippen molar-refractivity contribution in [1.82, 2.24) is 0 Å². The molecule has 7 aromatic rings. The molecular formula is C52H47N. The minimum atomic E-state index is -0.0903. The summed E-state index contributed by atoms with van der Waals surface area (Å²) in [6.07, 6.45) is 2.23. The van der Waals surface area contributed by atoms with Gasteiger partial charge in [0.05, 0.1) is 5.69 Å². The smallest absolute Gasteiger partial charge is 0.0502 e. The van der Waals surface area contributed by atoms with Crippen LogP contribution in [-0.4, -0.2) is 0 Å². The van der Waals surface area contributed by atoms with Gasteiger partial charge in [-0.3, -0.25) is 0 Å². The second kappa shape index (κ2) is 11.1. The van der Waals surface area contributed by atoms with Crippen LogP contribution in [-0.2, 0) is 21.7 Å². The third-order valence-electron chi connectivity index (χ3n) is 13.2. The van der Waals surface area contributed by atoms with E-state index < -0.39 is 0 Å². The second-order valence-electron chi connectivity index (χ2n) is 17.8. The van der Waals surface area contributed by atoms with Crippen molar-refractivity contribution >= 4 is 27.8 Å². The van der Waals surface area contributed by atoms with E-state index in [4.69, 9.17) is 0 Å². The summed E-state index contributed by atoms with van der Waals surface area (Å²) in [5, 5.41) is 2.55. The maximum absolute atomic E-state index is 2.57. The molecule has 7 aromatic carbocycles. The van der Waals surface area contributed by atoms with Gasteiger partial charge in [0, 0.05) is 22.2 Å². The lowest BCUT2D eigenvalue weighted by atomic mass is 9.72. The molecule has 0 aromatic heterocycles. The lowest BCUT2D eigenvalue weighted by Gasteiger charge is -2.32. The highest BCUT2D eigenvalue weighted by Crippen LogP contribution is 2.64. The van der Waals surface area contributed by atoms with Gasteiger partial charge < -0.3 is 4.90 Å². The summed E-state index contributed by atoms with van der Waals surface area (Å²) in [6.45, 7) is 14.6. The number of rotatable bonds is 4. The molecule has 1 unspecified atom stereocenters. The van der Waals surface area contributed by atoms with E-state index in [0.29, 0.717) is 0 Å². The van der Waals surface area contributed by atoms with Crippen molar-refractivity contribution in [2.75, 3.05) is 4.90 Å². The number of hydrogen-bond acceptors (Lipinski definition) is 1. The summed E-state index contributed by atoms with van der Waals surface area (Å²) in [5.41, 5.74) is 17.7. The lowest BCUT2D eigenvalue weighted by molar-refractivity contribution is 0.350. The van der Waals surface area contributed by atoms with Crippen LogP contribution in [0.5, 0.6) is 0 Å². The molecule has 0 amide bonds. The molecule has 0 bridgehead atoms. The third kappa shape index (κ3) is 4.56. The Morgan fingerprint density at radius 1 is 0.434 bits per heavy atom. The largest absolute Gasteiger partial charge is 0.310 e. The van der Waals surface area contributed by atoms with Crippen molar-refractivity contribution < 1.29 is 0 Å². The Balaban J connectivity index is 1.19. The molecule has 0 aliphatic heterocycles. The molecule has 0 fully saturated rings. The van der Waals surface area contributed by atoms with Gasteiger partial charge in [0.1, 0.15) is 0 Å². The highest BCUT2D eigenvalue weighted by atomic mass is 15.1. The Labute approximate surface area is 315 Å². The molecule has 0 heterocycles. The zero-order chi connectivity index (χ0) is 36.3. The van der Waals surface area contributed by atoms with Gasteiger partial charge in [-0.1, -0.05) is 163 Å². The van der Waals surface area contributed by atoms with E-state index in [9.17, 15) is 0 Å². The first-order valence-corrected chi connectivity index (χ1v) is 19.4. The third-order valence-corrected chi connectivity index (χ3v) is 13.2. The van der Waals surface area contributed by atoms with E-state index in [0.717, 1.165) is 12.8 Å². The number of hydrogen-bond donors (Lipinski definition) is 0. The summed E-state index contributed by atoms with van der Waals surface area (Å²) in [5.74, 6) is 0. The average Bonchev–Trinajstić information content (AvgIpc) is 3.65. The van der Waals surface area contributed by atoms with Crippen molar-refractivity contribution in [2.45, 2.75) is 76.0 Å². The van der Waals surface area contributed by atoms with E-state index in [1.54, 1.807) is 0 Å². The topological polar surface area (TPSA) is 3.24 Å². The quantitative estimate of drug-likeness (QED) is 0.178. The summed E-state index contributed by atoms with van der Waals surface area (Å²) in [6, 6.07) is 57.3. The fraction of sp³-hybridized carbons (Fsp3) is 0.231. The van der Waals surface area contributed by atoms with Crippen molar-refractivity contribution in [2.24, 2.45) is 0 Å². The SMILES string of the molecule is CC1(C)CC2(CC(C)(C)c3c(N(c4ccc(-c5cccc6ccccc56)cc4)c4ccc5c(c4)C(C)(C)c4ccccc4-5)cccc32)c2ccccc21. The molecule has 53 heavy (non-hydrogen) atoms.